The molecule has 17 heavy (non-hydrogen) atoms. The fourth-order valence-corrected chi connectivity index (χ4v) is 2.81. The molecule has 0 saturated heterocycles. The number of phenolic OH excluding ortho intramolecular Hbond substituents is 1. The van der Waals surface area contributed by atoms with E-state index in [1.165, 1.54) is 18.2 Å². The smallest absolute Gasteiger partial charge is 0.255 e. The van der Waals surface area contributed by atoms with Crippen molar-refractivity contribution in [3.05, 3.63) is 41.3 Å². The monoisotopic (exact) mass is 253 g/mol. The third kappa shape index (κ3) is 2.65. The van der Waals surface area contributed by atoms with Crippen molar-refractivity contribution in [3.8, 4) is 5.75 Å². The van der Waals surface area contributed by atoms with Gasteiger partial charge in [-0.1, -0.05) is 12.1 Å². The van der Waals surface area contributed by atoms with Crippen molar-refractivity contribution in [2.24, 2.45) is 0 Å². The molecule has 2 rings (SSSR count). The standard InChI is InChI=1S/C11H11NO4S/c13-10-4-2-1-3-9(10)11(14)12-8-5-6-17(15,16)7-8/h1-6,8,13H,7H2,(H,12,14). The number of para-hydroxylation sites is 1. The van der Waals surface area contributed by atoms with Crippen LogP contribution >= 0.6 is 0 Å². The lowest BCUT2D eigenvalue weighted by Gasteiger charge is -2.10. The molecule has 0 spiro atoms. The SMILES string of the molecule is O=C(NC1C=CS(=O)(=O)C1)c1ccccc1O. The van der Waals surface area contributed by atoms with Gasteiger partial charge in [0.05, 0.1) is 17.4 Å². The van der Waals surface area contributed by atoms with Crippen LogP contribution in [-0.2, 0) is 9.84 Å². The highest BCUT2D eigenvalue weighted by Gasteiger charge is 2.24. The fourth-order valence-electron chi connectivity index (χ4n) is 1.58. The first-order chi connectivity index (χ1) is 7.98. The van der Waals surface area contributed by atoms with Gasteiger partial charge in [0, 0.05) is 5.41 Å². The zero-order chi connectivity index (χ0) is 12.5. The summed E-state index contributed by atoms with van der Waals surface area (Å²) < 4.78 is 22.3. The van der Waals surface area contributed by atoms with Gasteiger partial charge >= 0.3 is 0 Å². The summed E-state index contributed by atoms with van der Waals surface area (Å²) in [5.74, 6) is -0.753. The van der Waals surface area contributed by atoms with Crippen molar-refractivity contribution in [1.82, 2.24) is 5.32 Å². The van der Waals surface area contributed by atoms with Gasteiger partial charge in [-0.25, -0.2) is 8.42 Å². The Kier molecular flexibility index (Phi) is 2.89. The summed E-state index contributed by atoms with van der Waals surface area (Å²) in [7, 11) is -3.19. The second-order valence-electron chi connectivity index (χ2n) is 3.76. The van der Waals surface area contributed by atoms with Crippen LogP contribution in [0, 0.1) is 0 Å². The first kappa shape index (κ1) is 11.7. The van der Waals surface area contributed by atoms with E-state index in [9.17, 15) is 18.3 Å². The molecule has 1 aromatic carbocycles. The van der Waals surface area contributed by atoms with Gasteiger partial charge in [-0.15, -0.1) is 0 Å². The van der Waals surface area contributed by atoms with Crippen LogP contribution in [0.2, 0.25) is 0 Å². The molecule has 1 amide bonds. The average Bonchev–Trinajstić information content (AvgIpc) is 2.58. The molecule has 1 heterocycles. The van der Waals surface area contributed by atoms with Gasteiger partial charge in [-0.05, 0) is 18.2 Å². The molecular weight excluding hydrogens is 242 g/mol. The third-order valence-electron chi connectivity index (χ3n) is 2.40. The molecule has 1 aliphatic heterocycles. The quantitative estimate of drug-likeness (QED) is 0.800. The van der Waals surface area contributed by atoms with Crippen LogP contribution < -0.4 is 5.32 Å². The van der Waals surface area contributed by atoms with Crippen molar-refractivity contribution in [2.45, 2.75) is 6.04 Å². The number of rotatable bonds is 2. The van der Waals surface area contributed by atoms with E-state index in [-0.39, 0.29) is 17.1 Å². The molecule has 0 radical (unpaired) electrons. The molecule has 2 N–H and O–H groups in total. The number of amides is 1. The normalized spacial score (nSPS) is 21.3. The molecule has 6 heteroatoms. The summed E-state index contributed by atoms with van der Waals surface area (Å²) in [6.45, 7) is 0. The van der Waals surface area contributed by atoms with Crippen LogP contribution in [0.3, 0.4) is 0 Å². The van der Waals surface area contributed by atoms with E-state index in [4.69, 9.17) is 0 Å². The Balaban J connectivity index is 2.09. The van der Waals surface area contributed by atoms with Gasteiger partial charge in [0.25, 0.3) is 5.91 Å². The lowest BCUT2D eigenvalue weighted by atomic mass is 10.2. The maximum Gasteiger partial charge on any atom is 0.255 e. The first-order valence-corrected chi connectivity index (χ1v) is 6.69. The summed E-state index contributed by atoms with van der Waals surface area (Å²) >= 11 is 0. The van der Waals surface area contributed by atoms with Crippen LogP contribution in [0.25, 0.3) is 0 Å². The van der Waals surface area contributed by atoms with Crippen molar-refractivity contribution in [2.75, 3.05) is 5.75 Å². The van der Waals surface area contributed by atoms with Gasteiger partial charge in [0.1, 0.15) is 5.75 Å². The van der Waals surface area contributed by atoms with Gasteiger partial charge in [-0.2, -0.15) is 0 Å². The highest BCUT2D eigenvalue weighted by Crippen LogP contribution is 2.16. The molecule has 0 bridgehead atoms. The van der Waals surface area contributed by atoms with E-state index < -0.39 is 21.8 Å². The second-order valence-corrected chi connectivity index (χ2v) is 5.69. The molecule has 0 aliphatic carbocycles. The van der Waals surface area contributed by atoms with Gasteiger partial charge in [-0.3, -0.25) is 4.79 Å². The summed E-state index contributed by atoms with van der Waals surface area (Å²) in [5.41, 5.74) is 0.130. The first-order valence-electron chi connectivity index (χ1n) is 4.98. The minimum atomic E-state index is -3.19. The van der Waals surface area contributed by atoms with E-state index in [0.29, 0.717) is 0 Å². The highest BCUT2D eigenvalue weighted by atomic mass is 32.2. The van der Waals surface area contributed by atoms with Crippen LogP contribution in [0.15, 0.2) is 35.7 Å². The van der Waals surface area contributed by atoms with E-state index in [2.05, 4.69) is 5.32 Å². The summed E-state index contributed by atoms with van der Waals surface area (Å²) in [6, 6.07) is 5.56. The number of aromatic hydroxyl groups is 1. The Labute approximate surface area is 98.7 Å². The zero-order valence-electron chi connectivity index (χ0n) is 8.83. The summed E-state index contributed by atoms with van der Waals surface area (Å²) in [5, 5.41) is 13.1. The van der Waals surface area contributed by atoms with Gasteiger partial charge < -0.3 is 10.4 Å². The Bertz CT molecular complexity index is 577. The van der Waals surface area contributed by atoms with E-state index >= 15 is 0 Å². The van der Waals surface area contributed by atoms with Crippen LogP contribution in [-0.4, -0.2) is 31.2 Å². The highest BCUT2D eigenvalue weighted by molar-refractivity contribution is 7.94. The minimum Gasteiger partial charge on any atom is -0.507 e. The molecular formula is C11H11NO4S. The number of carbonyl (C=O) groups is 1. The minimum absolute atomic E-state index is 0.130. The largest absolute Gasteiger partial charge is 0.507 e. The molecule has 1 aromatic rings. The Morgan fingerprint density at radius 2 is 2.06 bits per heavy atom. The van der Waals surface area contributed by atoms with E-state index in [1.807, 2.05) is 0 Å². The molecule has 0 fully saturated rings. The molecule has 0 saturated carbocycles. The predicted octanol–water partition coefficient (Wildman–Crippen LogP) is 0.433. The molecule has 0 aromatic heterocycles. The number of hydrogen-bond acceptors (Lipinski definition) is 4. The van der Waals surface area contributed by atoms with E-state index in [1.54, 1.807) is 12.1 Å². The molecule has 5 nitrogen and oxygen atoms in total. The lowest BCUT2D eigenvalue weighted by Crippen LogP contribution is -2.35. The Hall–Kier alpha value is -1.82. The fraction of sp³-hybridized carbons (Fsp3) is 0.182. The van der Waals surface area contributed by atoms with Crippen LogP contribution in [0.4, 0.5) is 0 Å². The van der Waals surface area contributed by atoms with Crippen molar-refractivity contribution >= 4 is 15.7 Å². The molecule has 1 aliphatic rings. The predicted molar refractivity (Wildman–Crippen MR) is 62.3 cm³/mol. The number of phenols is 1. The maximum absolute atomic E-state index is 11.7. The Morgan fingerprint density at radius 1 is 1.35 bits per heavy atom. The maximum atomic E-state index is 11.7. The Morgan fingerprint density at radius 3 is 2.65 bits per heavy atom. The van der Waals surface area contributed by atoms with Gasteiger partial charge in [0.2, 0.25) is 0 Å². The topological polar surface area (TPSA) is 83.5 Å². The summed E-state index contributed by atoms with van der Waals surface area (Å²) in [6.07, 6.45) is 1.42. The number of nitrogens with one attached hydrogen (secondary N) is 1. The van der Waals surface area contributed by atoms with Crippen molar-refractivity contribution in [1.29, 1.82) is 0 Å². The number of hydrogen-bond donors (Lipinski definition) is 2. The van der Waals surface area contributed by atoms with E-state index in [0.717, 1.165) is 5.41 Å². The van der Waals surface area contributed by atoms with Crippen molar-refractivity contribution in [3.63, 3.8) is 0 Å². The molecule has 1 unspecified atom stereocenters. The molecule has 90 valence electrons. The average molecular weight is 253 g/mol. The number of benzene rings is 1. The van der Waals surface area contributed by atoms with Crippen LogP contribution in [0.1, 0.15) is 10.4 Å². The van der Waals surface area contributed by atoms with Crippen LogP contribution in [0.5, 0.6) is 5.75 Å². The number of carbonyl (C=O) groups excluding carboxylic acids is 1. The zero-order valence-corrected chi connectivity index (χ0v) is 9.65. The third-order valence-corrected chi connectivity index (χ3v) is 3.79. The molecule has 1 atom stereocenters. The van der Waals surface area contributed by atoms with Gasteiger partial charge in [0.15, 0.2) is 9.84 Å². The summed E-state index contributed by atoms with van der Waals surface area (Å²) in [4.78, 5) is 11.7. The second kappa shape index (κ2) is 4.21. The van der Waals surface area contributed by atoms with Crippen molar-refractivity contribution < 1.29 is 18.3 Å². The lowest BCUT2D eigenvalue weighted by molar-refractivity contribution is 0.0945. The number of sulfone groups is 1.